The van der Waals surface area contributed by atoms with E-state index < -0.39 is 0 Å². The minimum absolute atomic E-state index is 0.648. The minimum atomic E-state index is 0.648. The molecule has 0 aliphatic heterocycles. The molecule has 1 N–H and O–H groups in total. The molecule has 0 heterocycles. The van der Waals surface area contributed by atoms with Gasteiger partial charge in [0, 0.05) is 6.04 Å². The average molecular weight is 285 g/mol. The van der Waals surface area contributed by atoms with Gasteiger partial charge in [-0.15, -0.1) is 0 Å². The summed E-state index contributed by atoms with van der Waals surface area (Å²) in [7, 11) is 2.15. The van der Waals surface area contributed by atoms with Crippen molar-refractivity contribution >= 4 is 0 Å². The number of nitrogens with one attached hydrogen (secondary N) is 1. The molecule has 1 aromatic rings. The molecular formula is C20H31N. The Balaban J connectivity index is 1.67. The topological polar surface area (TPSA) is 12.0 Å². The van der Waals surface area contributed by atoms with E-state index in [0.717, 1.165) is 17.8 Å². The van der Waals surface area contributed by atoms with Crippen molar-refractivity contribution in [2.24, 2.45) is 17.8 Å². The van der Waals surface area contributed by atoms with Crippen molar-refractivity contribution in [2.75, 3.05) is 7.05 Å². The summed E-state index contributed by atoms with van der Waals surface area (Å²) in [5.41, 5.74) is 5.91. The molecule has 2 bridgehead atoms. The fraction of sp³-hybridized carbons (Fsp3) is 0.700. The smallest absolute Gasteiger partial charge is 0.0107 e. The van der Waals surface area contributed by atoms with Gasteiger partial charge in [0.1, 0.15) is 0 Å². The summed E-state index contributed by atoms with van der Waals surface area (Å²) in [6.07, 6.45) is 8.64. The fourth-order valence-electron chi connectivity index (χ4n) is 5.11. The summed E-state index contributed by atoms with van der Waals surface area (Å²) in [4.78, 5) is 0. The maximum atomic E-state index is 3.61. The Kier molecular flexibility index (Phi) is 4.40. The second-order valence-electron chi connectivity index (χ2n) is 7.74. The van der Waals surface area contributed by atoms with E-state index >= 15 is 0 Å². The second-order valence-corrected chi connectivity index (χ2v) is 7.74. The highest BCUT2D eigenvalue weighted by Crippen LogP contribution is 2.50. The Labute approximate surface area is 130 Å². The first-order valence-corrected chi connectivity index (χ1v) is 8.80. The number of fused-ring (bicyclic) bond motifs is 2. The zero-order chi connectivity index (χ0) is 15.0. The van der Waals surface area contributed by atoms with E-state index in [4.69, 9.17) is 0 Å². The summed E-state index contributed by atoms with van der Waals surface area (Å²) >= 11 is 0. The molecule has 3 rings (SSSR count). The number of aryl methyl sites for hydroxylation is 3. The summed E-state index contributed by atoms with van der Waals surface area (Å²) in [6.45, 7) is 6.76. The first kappa shape index (κ1) is 15.1. The summed E-state index contributed by atoms with van der Waals surface area (Å²) < 4.78 is 0. The molecule has 0 amide bonds. The Morgan fingerprint density at radius 2 is 1.81 bits per heavy atom. The number of likely N-dealkylation sites (N-methyl/N-ethyl adjacent to an activating group) is 1. The van der Waals surface area contributed by atoms with Crippen LogP contribution in [0.1, 0.15) is 54.4 Å². The van der Waals surface area contributed by atoms with Gasteiger partial charge in [-0.2, -0.15) is 0 Å². The molecule has 0 radical (unpaired) electrons. The molecule has 2 saturated carbocycles. The van der Waals surface area contributed by atoms with Gasteiger partial charge in [0.05, 0.1) is 0 Å². The first-order valence-electron chi connectivity index (χ1n) is 8.80. The standard InChI is InChI=1S/C20H31N/c1-13-7-14(2)20(15(3)8-13)12-19(21-4)11-18-10-16-5-6-17(18)9-16/h7-8,16-19,21H,5-6,9-12H2,1-4H3. The van der Waals surface area contributed by atoms with Crippen LogP contribution in [0.2, 0.25) is 0 Å². The summed E-state index contributed by atoms with van der Waals surface area (Å²) in [6, 6.07) is 5.33. The highest BCUT2D eigenvalue weighted by Gasteiger charge is 2.39. The number of hydrogen-bond donors (Lipinski definition) is 1. The minimum Gasteiger partial charge on any atom is -0.317 e. The van der Waals surface area contributed by atoms with Crippen LogP contribution in [0, 0.1) is 38.5 Å². The van der Waals surface area contributed by atoms with Crippen molar-refractivity contribution in [3.05, 3.63) is 34.4 Å². The Morgan fingerprint density at radius 3 is 2.33 bits per heavy atom. The summed E-state index contributed by atoms with van der Waals surface area (Å²) in [5, 5.41) is 3.61. The van der Waals surface area contributed by atoms with Gasteiger partial charge in [-0.05, 0) is 94.4 Å². The third kappa shape index (κ3) is 3.18. The fourth-order valence-corrected chi connectivity index (χ4v) is 5.11. The Hall–Kier alpha value is -0.820. The summed E-state index contributed by atoms with van der Waals surface area (Å²) in [5.74, 6) is 3.11. The molecule has 1 aromatic carbocycles. The molecule has 2 aliphatic carbocycles. The van der Waals surface area contributed by atoms with Crippen LogP contribution >= 0.6 is 0 Å². The van der Waals surface area contributed by atoms with Gasteiger partial charge >= 0.3 is 0 Å². The third-order valence-corrected chi connectivity index (χ3v) is 6.17. The van der Waals surface area contributed by atoms with Gasteiger partial charge in [0.25, 0.3) is 0 Å². The second kappa shape index (κ2) is 6.12. The van der Waals surface area contributed by atoms with Gasteiger partial charge in [-0.1, -0.05) is 24.1 Å². The van der Waals surface area contributed by atoms with Crippen molar-refractivity contribution in [1.29, 1.82) is 0 Å². The van der Waals surface area contributed by atoms with Crippen LogP contribution in [0.15, 0.2) is 12.1 Å². The largest absolute Gasteiger partial charge is 0.317 e. The molecule has 21 heavy (non-hydrogen) atoms. The van der Waals surface area contributed by atoms with E-state index in [1.54, 1.807) is 5.56 Å². The van der Waals surface area contributed by atoms with Crippen LogP contribution in [0.4, 0.5) is 0 Å². The molecule has 1 nitrogen and oxygen atoms in total. The highest BCUT2D eigenvalue weighted by atomic mass is 14.9. The van der Waals surface area contributed by atoms with Crippen molar-refractivity contribution < 1.29 is 0 Å². The van der Waals surface area contributed by atoms with E-state index in [0.29, 0.717) is 6.04 Å². The van der Waals surface area contributed by atoms with Crippen LogP contribution in [0.25, 0.3) is 0 Å². The molecule has 1 heteroatoms. The SMILES string of the molecule is CNC(Cc1c(C)cc(C)cc1C)CC1CC2CCC1C2. The van der Waals surface area contributed by atoms with Gasteiger partial charge in [-0.3, -0.25) is 0 Å². The molecule has 4 unspecified atom stereocenters. The van der Waals surface area contributed by atoms with Crippen LogP contribution in [-0.4, -0.2) is 13.1 Å². The maximum absolute atomic E-state index is 3.61. The lowest BCUT2D eigenvalue weighted by Gasteiger charge is -2.27. The molecule has 0 spiro atoms. The van der Waals surface area contributed by atoms with Crippen LogP contribution < -0.4 is 5.32 Å². The average Bonchev–Trinajstić information content (AvgIpc) is 3.03. The monoisotopic (exact) mass is 285 g/mol. The third-order valence-electron chi connectivity index (χ3n) is 6.17. The Bertz CT molecular complexity index is 482. The molecule has 116 valence electrons. The Morgan fingerprint density at radius 1 is 1.10 bits per heavy atom. The van der Waals surface area contributed by atoms with Gasteiger partial charge in [0.2, 0.25) is 0 Å². The molecule has 0 saturated heterocycles. The molecule has 0 aromatic heterocycles. The molecule has 2 aliphatic rings. The molecule has 4 atom stereocenters. The lowest BCUT2D eigenvalue weighted by atomic mass is 9.82. The van der Waals surface area contributed by atoms with Crippen LogP contribution in [-0.2, 0) is 6.42 Å². The van der Waals surface area contributed by atoms with Crippen molar-refractivity contribution in [3.63, 3.8) is 0 Å². The zero-order valence-corrected chi connectivity index (χ0v) is 14.2. The quantitative estimate of drug-likeness (QED) is 0.835. The molecule has 2 fully saturated rings. The van der Waals surface area contributed by atoms with Gasteiger partial charge in [0.15, 0.2) is 0 Å². The number of rotatable bonds is 5. The van der Waals surface area contributed by atoms with Crippen LogP contribution in [0.3, 0.4) is 0 Å². The van der Waals surface area contributed by atoms with E-state index in [9.17, 15) is 0 Å². The normalized spacial score (nSPS) is 29.0. The van der Waals surface area contributed by atoms with Crippen molar-refractivity contribution in [3.8, 4) is 0 Å². The predicted molar refractivity (Wildman–Crippen MR) is 90.8 cm³/mol. The predicted octanol–water partition coefficient (Wildman–Crippen LogP) is 4.57. The van der Waals surface area contributed by atoms with Crippen molar-refractivity contribution in [1.82, 2.24) is 5.32 Å². The highest BCUT2D eigenvalue weighted by molar-refractivity contribution is 5.38. The zero-order valence-electron chi connectivity index (χ0n) is 14.2. The van der Waals surface area contributed by atoms with Crippen molar-refractivity contribution in [2.45, 2.75) is 65.3 Å². The maximum Gasteiger partial charge on any atom is 0.0107 e. The van der Waals surface area contributed by atoms with E-state index in [-0.39, 0.29) is 0 Å². The van der Waals surface area contributed by atoms with E-state index in [1.165, 1.54) is 55.2 Å². The van der Waals surface area contributed by atoms with E-state index in [1.807, 2.05) is 0 Å². The molecular weight excluding hydrogens is 254 g/mol. The van der Waals surface area contributed by atoms with E-state index in [2.05, 4.69) is 45.3 Å². The lowest BCUT2D eigenvalue weighted by molar-refractivity contribution is 0.281. The van der Waals surface area contributed by atoms with Gasteiger partial charge < -0.3 is 5.32 Å². The van der Waals surface area contributed by atoms with Crippen LogP contribution in [0.5, 0.6) is 0 Å². The first-order chi connectivity index (χ1) is 10.1. The number of benzene rings is 1. The number of hydrogen-bond acceptors (Lipinski definition) is 1. The van der Waals surface area contributed by atoms with Gasteiger partial charge in [-0.25, -0.2) is 0 Å². The lowest BCUT2D eigenvalue weighted by Crippen LogP contribution is -2.32.